The molecule has 2 heterocycles. The van der Waals surface area contributed by atoms with Crippen molar-refractivity contribution in [2.45, 2.75) is 18.4 Å². The first kappa shape index (κ1) is 14.1. The first-order valence-electron chi connectivity index (χ1n) is 5.82. The first-order valence-corrected chi connectivity index (χ1v) is 6.99. The van der Waals surface area contributed by atoms with Crippen molar-refractivity contribution in [3.63, 3.8) is 0 Å². The smallest absolute Gasteiger partial charge is 0.147 e. The van der Waals surface area contributed by atoms with E-state index in [0.29, 0.717) is 5.02 Å². The summed E-state index contributed by atoms with van der Waals surface area (Å²) in [5.74, 6) is 0.794. The van der Waals surface area contributed by atoms with Gasteiger partial charge in [-0.3, -0.25) is 0 Å². The number of aliphatic hydroxyl groups is 1. The number of halogens is 2. The minimum atomic E-state index is -0.404. The van der Waals surface area contributed by atoms with E-state index >= 15 is 0 Å². The SMILES string of the molecule is COC1(CO)CCN(c2ncc(Br)cc2Cl)CC1. The summed E-state index contributed by atoms with van der Waals surface area (Å²) in [6, 6.07) is 1.84. The second-order valence-electron chi connectivity index (χ2n) is 4.49. The Kier molecular flexibility index (Phi) is 4.48. The number of aromatic nitrogens is 1. The lowest BCUT2D eigenvalue weighted by Crippen LogP contribution is -2.48. The van der Waals surface area contributed by atoms with E-state index in [2.05, 4.69) is 25.8 Å². The van der Waals surface area contributed by atoms with Gasteiger partial charge in [0.05, 0.1) is 17.2 Å². The van der Waals surface area contributed by atoms with Gasteiger partial charge in [0.2, 0.25) is 0 Å². The predicted octanol–water partition coefficient (Wildman–Crippen LogP) is 2.48. The summed E-state index contributed by atoms with van der Waals surface area (Å²) in [5.41, 5.74) is -0.404. The molecule has 1 aliphatic rings. The summed E-state index contributed by atoms with van der Waals surface area (Å²) < 4.78 is 6.29. The van der Waals surface area contributed by atoms with Gasteiger partial charge in [0.1, 0.15) is 5.82 Å². The van der Waals surface area contributed by atoms with E-state index < -0.39 is 5.60 Å². The molecule has 0 spiro atoms. The third-order valence-electron chi connectivity index (χ3n) is 3.48. The van der Waals surface area contributed by atoms with Crippen LogP contribution in [-0.4, -0.2) is 42.5 Å². The van der Waals surface area contributed by atoms with Gasteiger partial charge in [-0.25, -0.2) is 4.98 Å². The molecule has 2 rings (SSSR count). The maximum atomic E-state index is 9.40. The van der Waals surface area contributed by atoms with Crippen molar-refractivity contribution < 1.29 is 9.84 Å². The normalized spacial score (nSPS) is 19.0. The summed E-state index contributed by atoms with van der Waals surface area (Å²) in [6.45, 7) is 1.62. The third-order valence-corrected chi connectivity index (χ3v) is 4.20. The quantitative estimate of drug-likeness (QED) is 0.922. The van der Waals surface area contributed by atoms with Crippen LogP contribution < -0.4 is 4.90 Å². The van der Waals surface area contributed by atoms with E-state index in [4.69, 9.17) is 16.3 Å². The van der Waals surface area contributed by atoms with Crippen LogP contribution in [0, 0.1) is 0 Å². The molecule has 0 atom stereocenters. The Hall–Kier alpha value is -0.360. The number of hydrogen-bond donors (Lipinski definition) is 1. The van der Waals surface area contributed by atoms with Gasteiger partial charge in [0, 0.05) is 30.9 Å². The van der Waals surface area contributed by atoms with Gasteiger partial charge in [-0.1, -0.05) is 11.6 Å². The molecule has 1 aromatic heterocycles. The van der Waals surface area contributed by atoms with Crippen molar-refractivity contribution in [1.82, 2.24) is 4.98 Å². The zero-order chi connectivity index (χ0) is 13.2. The van der Waals surface area contributed by atoms with E-state index in [9.17, 15) is 5.11 Å². The Morgan fingerprint density at radius 3 is 2.72 bits per heavy atom. The molecule has 0 aliphatic carbocycles. The Labute approximate surface area is 120 Å². The molecule has 0 bridgehead atoms. The number of aliphatic hydroxyl groups excluding tert-OH is 1. The number of nitrogens with zero attached hydrogens (tertiary/aromatic N) is 2. The number of anilines is 1. The lowest BCUT2D eigenvalue weighted by atomic mass is 9.92. The number of ether oxygens (including phenoxy) is 1. The number of rotatable bonds is 3. The second-order valence-corrected chi connectivity index (χ2v) is 5.81. The Morgan fingerprint density at radius 1 is 1.56 bits per heavy atom. The van der Waals surface area contributed by atoms with Crippen molar-refractivity contribution in [3.05, 3.63) is 21.8 Å². The van der Waals surface area contributed by atoms with Crippen LogP contribution in [0.5, 0.6) is 0 Å². The highest BCUT2D eigenvalue weighted by molar-refractivity contribution is 9.10. The molecule has 1 saturated heterocycles. The molecule has 0 radical (unpaired) electrons. The largest absolute Gasteiger partial charge is 0.393 e. The van der Waals surface area contributed by atoms with Gasteiger partial charge in [-0.2, -0.15) is 0 Å². The molecule has 6 heteroatoms. The van der Waals surface area contributed by atoms with Crippen molar-refractivity contribution >= 4 is 33.3 Å². The second kappa shape index (κ2) is 5.74. The minimum absolute atomic E-state index is 0.0544. The number of hydrogen-bond acceptors (Lipinski definition) is 4. The Morgan fingerprint density at radius 2 is 2.22 bits per heavy atom. The van der Waals surface area contributed by atoms with Crippen molar-refractivity contribution in [2.75, 3.05) is 31.7 Å². The highest BCUT2D eigenvalue weighted by Crippen LogP contribution is 2.32. The summed E-state index contributed by atoms with van der Waals surface area (Å²) in [6.07, 6.45) is 3.29. The molecule has 100 valence electrons. The fourth-order valence-corrected chi connectivity index (χ4v) is 2.94. The fourth-order valence-electron chi connectivity index (χ4n) is 2.19. The highest BCUT2D eigenvalue weighted by atomic mass is 79.9. The molecule has 18 heavy (non-hydrogen) atoms. The van der Waals surface area contributed by atoms with Gasteiger partial charge < -0.3 is 14.7 Å². The summed E-state index contributed by atoms with van der Waals surface area (Å²) in [5, 5.41) is 10.0. The van der Waals surface area contributed by atoms with E-state index in [0.717, 1.165) is 36.2 Å². The molecule has 0 aromatic carbocycles. The van der Waals surface area contributed by atoms with Crippen LogP contribution in [0.2, 0.25) is 5.02 Å². The van der Waals surface area contributed by atoms with Gasteiger partial charge in [-0.05, 0) is 34.8 Å². The zero-order valence-electron chi connectivity index (χ0n) is 10.2. The van der Waals surface area contributed by atoms with E-state index in [1.807, 2.05) is 6.07 Å². The summed E-state index contributed by atoms with van der Waals surface area (Å²) in [4.78, 5) is 6.47. The van der Waals surface area contributed by atoms with Crippen LogP contribution in [0.4, 0.5) is 5.82 Å². The predicted molar refractivity (Wildman–Crippen MR) is 75.2 cm³/mol. The molecule has 1 aliphatic heterocycles. The maximum Gasteiger partial charge on any atom is 0.147 e. The Bertz CT molecular complexity index is 417. The summed E-state index contributed by atoms with van der Waals surface area (Å²) >= 11 is 9.53. The van der Waals surface area contributed by atoms with Crippen LogP contribution >= 0.6 is 27.5 Å². The fraction of sp³-hybridized carbons (Fsp3) is 0.583. The lowest BCUT2D eigenvalue weighted by Gasteiger charge is -2.40. The molecule has 0 amide bonds. The minimum Gasteiger partial charge on any atom is -0.393 e. The van der Waals surface area contributed by atoms with Crippen LogP contribution in [0.15, 0.2) is 16.7 Å². The van der Waals surface area contributed by atoms with Crippen molar-refractivity contribution in [2.24, 2.45) is 0 Å². The third kappa shape index (κ3) is 2.79. The van der Waals surface area contributed by atoms with Crippen molar-refractivity contribution in [3.8, 4) is 0 Å². The molecule has 0 unspecified atom stereocenters. The highest BCUT2D eigenvalue weighted by Gasteiger charge is 2.34. The standard InChI is InChI=1S/C12H16BrClN2O2/c1-18-12(8-17)2-4-16(5-3-12)11-10(14)6-9(13)7-15-11/h6-7,17H,2-5,8H2,1H3. The van der Waals surface area contributed by atoms with Crippen LogP contribution in [0.1, 0.15) is 12.8 Å². The molecule has 4 nitrogen and oxygen atoms in total. The van der Waals surface area contributed by atoms with Gasteiger partial charge >= 0.3 is 0 Å². The molecule has 1 fully saturated rings. The van der Waals surface area contributed by atoms with E-state index in [-0.39, 0.29) is 6.61 Å². The number of piperidine rings is 1. The van der Waals surface area contributed by atoms with Crippen LogP contribution in [0.25, 0.3) is 0 Å². The number of pyridine rings is 1. The molecule has 0 saturated carbocycles. The average Bonchev–Trinajstić information content (AvgIpc) is 2.39. The van der Waals surface area contributed by atoms with Crippen molar-refractivity contribution in [1.29, 1.82) is 0 Å². The number of methoxy groups -OCH3 is 1. The van der Waals surface area contributed by atoms with E-state index in [1.165, 1.54) is 0 Å². The lowest BCUT2D eigenvalue weighted by molar-refractivity contribution is -0.0673. The van der Waals surface area contributed by atoms with Crippen LogP contribution in [-0.2, 0) is 4.74 Å². The van der Waals surface area contributed by atoms with Crippen LogP contribution in [0.3, 0.4) is 0 Å². The molecular formula is C12H16BrClN2O2. The van der Waals surface area contributed by atoms with Gasteiger partial charge in [0.25, 0.3) is 0 Å². The maximum absolute atomic E-state index is 9.40. The summed E-state index contributed by atoms with van der Waals surface area (Å²) in [7, 11) is 1.65. The molecule has 1 aromatic rings. The van der Waals surface area contributed by atoms with E-state index in [1.54, 1.807) is 13.3 Å². The molecule has 1 N–H and O–H groups in total. The topological polar surface area (TPSA) is 45.6 Å². The monoisotopic (exact) mass is 334 g/mol. The van der Waals surface area contributed by atoms with Gasteiger partial charge in [0.15, 0.2) is 0 Å². The molecular weight excluding hydrogens is 320 g/mol. The Balaban J connectivity index is 2.10. The zero-order valence-corrected chi connectivity index (χ0v) is 12.5. The first-order chi connectivity index (χ1) is 8.60. The average molecular weight is 336 g/mol. The van der Waals surface area contributed by atoms with Gasteiger partial charge in [-0.15, -0.1) is 0 Å².